The molecular formula is C31H22F9IO7S2. The Morgan fingerprint density at radius 1 is 0.640 bits per heavy atom. The summed E-state index contributed by atoms with van der Waals surface area (Å²) in [5, 5.41) is 12.7. The van der Waals surface area contributed by atoms with E-state index < -0.39 is 55.2 Å². The maximum Gasteiger partial charge on any atom is 0.460 e. The van der Waals surface area contributed by atoms with Crippen LogP contribution in [0.5, 0.6) is 11.5 Å². The summed E-state index contributed by atoms with van der Waals surface area (Å²) in [5.41, 5.74) is 0.604. The van der Waals surface area contributed by atoms with Gasteiger partial charge in [-0.3, -0.25) is 0 Å². The fourth-order valence-corrected chi connectivity index (χ4v) is 12.4. The van der Waals surface area contributed by atoms with E-state index in [2.05, 4.69) is 0 Å². The van der Waals surface area contributed by atoms with Crippen LogP contribution in [0.1, 0.15) is 11.1 Å². The van der Waals surface area contributed by atoms with Crippen molar-refractivity contribution in [1.82, 2.24) is 0 Å². The Bertz CT molecular complexity index is 2060. The third-order valence-corrected chi connectivity index (χ3v) is 14.4. The molecule has 50 heavy (non-hydrogen) atoms. The first-order valence-corrected chi connectivity index (χ1v) is 17.7. The van der Waals surface area contributed by atoms with Gasteiger partial charge >= 0.3 is 33.4 Å². The summed E-state index contributed by atoms with van der Waals surface area (Å²) in [6, 6.07) is 17.7. The third kappa shape index (κ3) is 5.42. The van der Waals surface area contributed by atoms with Crippen LogP contribution >= 0.6 is 32.9 Å². The number of hydrogen-bond acceptors (Lipinski definition) is 7. The Labute approximate surface area is 293 Å². The zero-order chi connectivity index (χ0) is 37.3. The molecule has 2 N–H and O–H groups in total. The second-order valence-corrected chi connectivity index (χ2v) is 16.2. The molecule has 5 rings (SSSR count). The van der Waals surface area contributed by atoms with Gasteiger partial charge in [0.25, 0.3) is 0 Å². The molecule has 0 saturated heterocycles. The molecule has 1 heterocycles. The van der Waals surface area contributed by atoms with Gasteiger partial charge in [0.2, 0.25) is 5.79 Å². The molecule has 0 saturated carbocycles. The van der Waals surface area contributed by atoms with Crippen LogP contribution in [0.4, 0.5) is 39.5 Å². The number of methoxy groups -OCH3 is 2. The van der Waals surface area contributed by atoms with Crippen LogP contribution in [0.15, 0.2) is 99.6 Å². The van der Waals surface area contributed by atoms with Crippen LogP contribution in [-0.2, 0) is 29.0 Å². The standard InChI is InChI=1S/C31H22F9IO7S2/c1-46-27(47-2,17-7-10-19(42)11-8-17)18-9-13-25-22(15-18)21-5-3-4-6-24(21)49(25,26-14-12-20(43)16-23(26)41)48-50(44,45)31(39,40)29(34,35)28(32,33)30(36,37)38/h3-16,42-43H,1-2H3. The van der Waals surface area contributed by atoms with Gasteiger partial charge in [-0.05, 0) is 105 Å². The number of phenolic OH excluding ortho intramolecular Hbond substituents is 2. The van der Waals surface area contributed by atoms with Gasteiger partial charge in [-0.1, -0.05) is 24.3 Å². The van der Waals surface area contributed by atoms with Crippen LogP contribution in [0.2, 0.25) is 0 Å². The first kappa shape index (κ1) is 38.0. The van der Waals surface area contributed by atoms with Crippen LogP contribution in [0, 0.1) is 3.57 Å². The highest BCUT2D eigenvalue weighted by atomic mass is 127. The summed E-state index contributed by atoms with van der Waals surface area (Å²) in [6.45, 7) is 0. The molecule has 0 bridgehead atoms. The Balaban J connectivity index is 1.83. The number of hydrogen-bond donors (Lipinski definition) is 2. The highest BCUT2D eigenvalue weighted by molar-refractivity contribution is 14.1. The second-order valence-electron chi connectivity index (χ2n) is 10.6. The van der Waals surface area contributed by atoms with E-state index >= 15 is 8.78 Å². The number of ether oxygens (including phenoxy) is 2. The van der Waals surface area contributed by atoms with Crippen LogP contribution < -0.4 is 0 Å². The molecule has 4 aromatic rings. The molecule has 0 amide bonds. The van der Waals surface area contributed by atoms with Gasteiger partial charge in [0.05, 0.1) is 0 Å². The fourth-order valence-electron chi connectivity index (χ4n) is 5.42. The molecule has 0 aliphatic carbocycles. The van der Waals surface area contributed by atoms with Crippen LogP contribution in [0.25, 0.3) is 11.1 Å². The number of rotatable bonds is 10. The molecule has 1 aliphatic rings. The molecule has 19 heteroatoms. The van der Waals surface area contributed by atoms with Crippen molar-refractivity contribution in [3.8, 4) is 22.6 Å². The first-order valence-electron chi connectivity index (χ1n) is 13.7. The van der Waals surface area contributed by atoms with E-state index in [4.69, 9.17) is 13.1 Å². The highest BCUT2D eigenvalue weighted by Gasteiger charge is 2.86. The maximum absolute atomic E-state index is 15.3. The fraction of sp³-hybridized carbons (Fsp3) is 0.226. The molecule has 1 aliphatic heterocycles. The predicted molar refractivity (Wildman–Crippen MR) is 169 cm³/mol. The van der Waals surface area contributed by atoms with E-state index in [9.17, 15) is 49.4 Å². The van der Waals surface area contributed by atoms with Crippen LogP contribution in [-0.4, -0.2) is 56.1 Å². The lowest BCUT2D eigenvalue weighted by Crippen LogP contribution is -2.63. The van der Waals surface area contributed by atoms with E-state index in [1.54, 1.807) is 22.6 Å². The molecular weight excluding hydrogens is 846 g/mol. The minimum atomic E-state index is -7.55. The molecule has 0 spiro atoms. The van der Waals surface area contributed by atoms with Crippen molar-refractivity contribution in [3.63, 3.8) is 0 Å². The van der Waals surface area contributed by atoms with Crippen molar-refractivity contribution in [1.29, 1.82) is 0 Å². The lowest BCUT2D eigenvalue weighted by atomic mass is 9.93. The zero-order valence-electron chi connectivity index (χ0n) is 25.1. The summed E-state index contributed by atoms with van der Waals surface area (Å²) < 4.78 is 169. The highest BCUT2D eigenvalue weighted by Crippen LogP contribution is 2.78. The number of aromatic hydroxyl groups is 2. The van der Waals surface area contributed by atoms with Crippen molar-refractivity contribution in [2.75, 3.05) is 14.2 Å². The summed E-state index contributed by atoms with van der Waals surface area (Å²) in [6.07, 6.45) is -7.29. The van der Waals surface area contributed by atoms with Crippen molar-refractivity contribution < 1.29 is 71.2 Å². The van der Waals surface area contributed by atoms with Gasteiger partial charge in [-0.25, -0.2) is 3.63 Å². The van der Waals surface area contributed by atoms with Crippen molar-refractivity contribution in [2.24, 2.45) is 0 Å². The molecule has 7 nitrogen and oxygen atoms in total. The molecule has 4 aromatic carbocycles. The quantitative estimate of drug-likeness (QED) is 0.0932. The monoisotopic (exact) mass is 868 g/mol. The normalized spacial score (nSPS) is 18.3. The summed E-state index contributed by atoms with van der Waals surface area (Å²) in [4.78, 5) is -0.836. The van der Waals surface area contributed by atoms with E-state index in [1.807, 2.05) is 0 Å². The molecule has 1 atom stereocenters. The maximum atomic E-state index is 15.3. The predicted octanol–water partition coefficient (Wildman–Crippen LogP) is 9.15. The largest absolute Gasteiger partial charge is 0.508 e. The minimum Gasteiger partial charge on any atom is -0.508 e. The molecule has 0 aromatic heterocycles. The Morgan fingerprint density at radius 2 is 1.16 bits per heavy atom. The molecule has 1 unspecified atom stereocenters. The van der Waals surface area contributed by atoms with Gasteiger partial charge in [-0.15, -0.1) is 0 Å². The zero-order valence-corrected chi connectivity index (χ0v) is 28.9. The lowest BCUT2D eigenvalue weighted by molar-refractivity contribution is -0.382. The number of benzene rings is 4. The topological polar surface area (TPSA) is 102 Å². The van der Waals surface area contributed by atoms with E-state index in [0.717, 1.165) is 24.3 Å². The smallest absolute Gasteiger partial charge is 0.460 e. The number of halogens is 10. The Kier molecular flexibility index (Phi) is 9.47. The second kappa shape index (κ2) is 12.5. The summed E-state index contributed by atoms with van der Waals surface area (Å²) in [7, 11) is -9.19. The van der Waals surface area contributed by atoms with Gasteiger partial charge < -0.3 is 19.7 Å². The number of fused-ring (bicyclic) bond motifs is 3. The van der Waals surface area contributed by atoms with Gasteiger partial charge in [0.15, 0.2) is 0 Å². The number of phenols is 2. The van der Waals surface area contributed by atoms with Crippen molar-refractivity contribution in [2.45, 2.75) is 43.7 Å². The van der Waals surface area contributed by atoms with Gasteiger partial charge in [0.1, 0.15) is 11.5 Å². The van der Waals surface area contributed by atoms with E-state index in [0.29, 0.717) is 5.56 Å². The van der Waals surface area contributed by atoms with Crippen LogP contribution in [0.3, 0.4) is 0 Å². The summed E-state index contributed by atoms with van der Waals surface area (Å²) in [5.74, 6) is -17.3. The Hall–Kier alpha value is -3.24. The average molecular weight is 869 g/mol. The van der Waals surface area contributed by atoms with Crippen molar-refractivity contribution >= 4 is 43.0 Å². The minimum absolute atomic E-state index is 0.0279. The van der Waals surface area contributed by atoms with Gasteiger partial charge in [-0.2, -0.15) is 47.9 Å². The molecule has 270 valence electrons. The number of alkyl halides is 9. The molecule has 0 radical (unpaired) electrons. The first-order chi connectivity index (χ1) is 23.1. The third-order valence-electron chi connectivity index (χ3n) is 7.83. The van der Waals surface area contributed by atoms with Gasteiger partial charge in [0, 0.05) is 43.6 Å². The van der Waals surface area contributed by atoms with Crippen molar-refractivity contribution in [3.05, 3.63) is 99.6 Å². The SMILES string of the molecule is COC(OC)(c1ccc(O)cc1)c1ccc2c(c1)-c1ccccc1S2(OS(=O)(=O)C(F)(F)C(F)(F)C(F)(F)C(F)(F)F)c1ccc(O)cc1I. The lowest BCUT2D eigenvalue weighted by Gasteiger charge is -2.40. The Morgan fingerprint density at radius 3 is 1.72 bits per heavy atom. The van der Waals surface area contributed by atoms with E-state index in [1.165, 1.54) is 74.9 Å². The average Bonchev–Trinajstić information content (AvgIpc) is 3.31. The molecule has 0 fully saturated rings. The summed E-state index contributed by atoms with van der Waals surface area (Å²) >= 11 is 1.56. The van der Waals surface area contributed by atoms with E-state index in [-0.39, 0.29) is 40.7 Å².